The van der Waals surface area contributed by atoms with Gasteiger partial charge in [0.15, 0.2) is 0 Å². The molecule has 1 aliphatic heterocycles. The highest BCUT2D eigenvalue weighted by Gasteiger charge is 2.51. The number of benzene rings is 2. The lowest BCUT2D eigenvalue weighted by Gasteiger charge is -2.39. The van der Waals surface area contributed by atoms with Gasteiger partial charge in [-0.15, -0.1) is 0 Å². The van der Waals surface area contributed by atoms with Crippen molar-refractivity contribution in [2.45, 2.75) is 57.1 Å². The summed E-state index contributed by atoms with van der Waals surface area (Å²) in [5.74, 6) is -0.340. The van der Waals surface area contributed by atoms with Crippen LogP contribution in [0.1, 0.15) is 56.0 Å². The van der Waals surface area contributed by atoms with Crippen LogP contribution in [0.3, 0.4) is 0 Å². The van der Waals surface area contributed by atoms with Gasteiger partial charge >= 0.3 is 6.18 Å². The lowest BCUT2D eigenvalue weighted by molar-refractivity contribution is -0.137. The summed E-state index contributed by atoms with van der Waals surface area (Å²) in [5.41, 5.74) is -1.07. The standard InChI is InChI=1S/C24H26ClF3N2O3S/c1-22(2)11-17-12-23(3,13-22)14-30(17)21(31)19-10-18(7-8-20(19)25)34(32,33)29-16-6-4-5-15(9-16)24(26,27)28/h4-10,17,29H,11-14H2,1-3H3/t17-,23-/m1/s1. The number of hydrogen-bond donors (Lipinski definition) is 1. The molecule has 4 rings (SSSR count). The Labute approximate surface area is 202 Å². The lowest BCUT2D eigenvalue weighted by atomic mass is 9.65. The van der Waals surface area contributed by atoms with Gasteiger partial charge in [-0.05, 0) is 66.5 Å². The zero-order chi connectivity index (χ0) is 25.1. The summed E-state index contributed by atoms with van der Waals surface area (Å²) < 4.78 is 67.0. The number of sulfonamides is 1. The first-order valence-corrected chi connectivity index (χ1v) is 12.8. The maximum Gasteiger partial charge on any atom is 0.416 e. The first kappa shape index (κ1) is 24.9. The molecule has 2 fully saturated rings. The fraction of sp³-hybridized carbons (Fsp3) is 0.458. The van der Waals surface area contributed by atoms with Crippen LogP contribution in [0.2, 0.25) is 5.02 Å². The molecule has 2 atom stereocenters. The number of fused-ring (bicyclic) bond motifs is 2. The van der Waals surface area contributed by atoms with E-state index in [1.54, 1.807) is 4.90 Å². The molecule has 1 saturated heterocycles. The minimum absolute atomic E-state index is 0.0106. The summed E-state index contributed by atoms with van der Waals surface area (Å²) in [6.45, 7) is 7.10. The average molecular weight is 515 g/mol. The highest BCUT2D eigenvalue weighted by Crippen LogP contribution is 2.52. The lowest BCUT2D eigenvalue weighted by Crippen LogP contribution is -2.37. The number of anilines is 1. The third-order valence-electron chi connectivity index (χ3n) is 6.60. The fourth-order valence-electron chi connectivity index (χ4n) is 5.66. The molecule has 1 aliphatic carbocycles. The molecule has 2 aromatic carbocycles. The van der Waals surface area contributed by atoms with Crippen LogP contribution in [-0.2, 0) is 16.2 Å². The van der Waals surface area contributed by atoms with Crippen molar-refractivity contribution in [3.8, 4) is 0 Å². The first-order valence-electron chi connectivity index (χ1n) is 10.9. The molecular formula is C24H26ClF3N2O3S. The maximum absolute atomic E-state index is 13.5. The van der Waals surface area contributed by atoms with Gasteiger partial charge in [-0.25, -0.2) is 8.42 Å². The molecule has 2 aliphatic rings. The topological polar surface area (TPSA) is 66.5 Å². The zero-order valence-corrected chi connectivity index (χ0v) is 20.6. The van der Waals surface area contributed by atoms with E-state index in [-0.39, 0.29) is 43.9 Å². The Morgan fingerprint density at radius 3 is 2.50 bits per heavy atom. The molecule has 2 aromatic rings. The van der Waals surface area contributed by atoms with Gasteiger partial charge in [-0.1, -0.05) is 38.4 Å². The van der Waals surface area contributed by atoms with Crippen molar-refractivity contribution in [3.63, 3.8) is 0 Å². The molecule has 5 nitrogen and oxygen atoms in total. The number of carbonyl (C=O) groups excluding carboxylic acids is 1. The van der Waals surface area contributed by atoms with Crippen LogP contribution in [0.5, 0.6) is 0 Å². The molecule has 1 heterocycles. The molecule has 2 bridgehead atoms. The van der Waals surface area contributed by atoms with Gasteiger partial charge in [0.1, 0.15) is 0 Å². The number of rotatable bonds is 4. The molecule has 1 N–H and O–H groups in total. The summed E-state index contributed by atoms with van der Waals surface area (Å²) in [6.07, 6.45) is -1.89. The Morgan fingerprint density at radius 1 is 1.12 bits per heavy atom. The molecule has 1 saturated carbocycles. The monoisotopic (exact) mass is 514 g/mol. The Morgan fingerprint density at radius 2 is 1.82 bits per heavy atom. The largest absolute Gasteiger partial charge is 0.416 e. The van der Waals surface area contributed by atoms with E-state index in [0.717, 1.165) is 31.4 Å². The van der Waals surface area contributed by atoms with Crippen LogP contribution in [0.4, 0.5) is 18.9 Å². The van der Waals surface area contributed by atoms with Crippen molar-refractivity contribution in [2.75, 3.05) is 11.3 Å². The van der Waals surface area contributed by atoms with Gasteiger partial charge in [-0.3, -0.25) is 9.52 Å². The minimum Gasteiger partial charge on any atom is -0.335 e. The van der Waals surface area contributed by atoms with Crippen LogP contribution in [0.25, 0.3) is 0 Å². The van der Waals surface area contributed by atoms with E-state index in [1.165, 1.54) is 24.3 Å². The van der Waals surface area contributed by atoms with Crippen molar-refractivity contribution in [1.29, 1.82) is 0 Å². The predicted molar refractivity (Wildman–Crippen MR) is 124 cm³/mol. The van der Waals surface area contributed by atoms with Gasteiger partial charge in [0.05, 0.1) is 21.0 Å². The molecule has 0 unspecified atom stereocenters. The molecule has 0 radical (unpaired) electrons. The van der Waals surface area contributed by atoms with E-state index in [1.807, 2.05) is 0 Å². The number of amides is 1. The number of likely N-dealkylation sites (tertiary alicyclic amines) is 1. The van der Waals surface area contributed by atoms with Gasteiger partial charge < -0.3 is 4.90 Å². The Bertz CT molecular complexity index is 1250. The van der Waals surface area contributed by atoms with E-state index in [2.05, 4.69) is 25.5 Å². The summed E-state index contributed by atoms with van der Waals surface area (Å²) in [5, 5.41) is 0.119. The van der Waals surface area contributed by atoms with Crippen LogP contribution in [0, 0.1) is 10.8 Å². The summed E-state index contributed by atoms with van der Waals surface area (Å²) >= 11 is 6.30. The summed E-state index contributed by atoms with van der Waals surface area (Å²) in [6, 6.07) is 7.69. The van der Waals surface area contributed by atoms with Crippen LogP contribution in [0.15, 0.2) is 47.4 Å². The van der Waals surface area contributed by atoms with Crippen LogP contribution in [-0.4, -0.2) is 31.8 Å². The van der Waals surface area contributed by atoms with E-state index >= 15 is 0 Å². The smallest absolute Gasteiger partial charge is 0.335 e. The summed E-state index contributed by atoms with van der Waals surface area (Å²) in [4.78, 5) is 15.0. The Kier molecular flexibility index (Phi) is 5.96. The normalized spacial score (nSPS) is 24.2. The third kappa shape index (κ3) is 4.91. The number of hydrogen-bond acceptors (Lipinski definition) is 3. The zero-order valence-electron chi connectivity index (χ0n) is 19.0. The summed E-state index contributed by atoms with van der Waals surface area (Å²) in [7, 11) is -4.27. The number of halogens is 4. The molecule has 184 valence electrons. The van der Waals surface area contributed by atoms with E-state index in [0.29, 0.717) is 12.6 Å². The van der Waals surface area contributed by atoms with Crippen LogP contribution >= 0.6 is 11.6 Å². The van der Waals surface area contributed by atoms with E-state index in [4.69, 9.17) is 11.6 Å². The maximum atomic E-state index is 13.5. The second-order valence-electron chi connectivity index (χ2n) is 10.5. The second-order valence-corrected chi connectivity index (χ2v) is 12.6. The van der Waals surface area contributed by atoms with Gasteiger partial charge in [0.25, 0.3) is 15.9 Å². The van der Waals surface area contributed by atoms with Gasteiger partial charge in [0, 0.05) is 18.3 Å². The quantitative estimate of drug-likeness (QED) is 0.528. The Hall–Kier alpha value is -2.26. The molecule has 0 aromatic heterocycles. The average Bonchev–Trinajstić information content (AvgIpc) is 2.95. The molecule has 0 spiro atoms. The van der Waals surface area contributed by atoms with Crippen LogP contribution < -0.4 is 4.72 Å². The third-order valence-corrected chi connectivity index (χ3v) is 8.30. The van der Waals surface area contributed by atoms with E-state index < -0.39 is 21.8 Å². The van der Waals surface area contributed by atoms with Crippen molar-refractivity contribution >= 4 is 33.2 Å². The first-order chi connectivity index (χ1) is 15.6. The fourth-order valence-corrected chi connectivity index (χ4v) is 6.93. The highest BCUT2D eigenvalue weighted by molar-refractivity contribution is 7.92. The minimum atomic E-state index is -4.61. The molecule has 34 heavy (non-hydrogen) atoms. The molecular weight excluding hydrogens is 489 g/mol. The number of nitrogens with one attached hydrogen (secondary N) is 1. The molecule has 1 amide bonds. The van der Waals surface area contributed by atoms with Crippen molar-refractivity contribution in [1.82, 2.24) is 4.90 Å². The van der Waals surface area contributed by atoms with Crippen molar-refractivity contribution in [3.05, 3.63) is 58.6 Å². The van der Waals surface area contributed by atoms with Crippen molar-refractivity contribution < 1.29 is 26.4 Å². The molecule has 10 heteroatoms. The van der Waals surface area contributed by atoms with Crippen molar-refractivity contribution in [2.24, 2.45) is 10.8 Å². The second kappa shape index (κ2) is 8.16. The number of alkyl halides is 3. The highest BCUT2D eigenvalue weighted by atomic mass is 35.5. The van der Waals surface area contributed by atoms with E-state index in [9.17, 15) is 26.4 Å². The van der Waals surface area contributed by atoms with Gasteiger partial charge in [-0.2, -0.15) is 13.2 Å². The SMILES string of the molecule is CC1(C)C[C@@H]2C[C@@](C)(CN2C(=O)c2cc(S(=O)(=O)Nc3cccc(C(F)(F)F)c3)ccc2Cl)C1. The predicted octanol–water partition coefficient (Wildman–Crippen LogP) is 6.20. The number of nitrogens with zero attached hydrogens (tertiary/aromatic N) is 1. The van der Waals surface area contributed by atoms with Gasteiger partial charge in [0.2, 0.25) is 0 Å². The Balaban J connectivity index is 1.62. The number of carbonyl (C=O) groups is 1.